The smallest absolute Gasteiger partial charge is 0.268 e. The molecule has 1 aliphatic rings. The van der Waals surface area contributed by atoms with Crippen molar-refractivity contribution in [1.29, 1.82) is 0 Å². The van der Waals surface area contributed by atoms with Crippen LogP contribution in [0.15, 0.2) is 12.3 Å². The molecular formula is C12H18ClN3O. The Morgan fingerprint density at radius 1 is 1.53 bits per heavy atom. The topological polar surface area (TPSA) is 46.1 Å². The maximum absolute atomic E-state index is 12.0. The van der Waals surface area contributed by atoms with E-state index in [1.807, 2.05) is 17.7 Å². The molecule has 0 saturated heterocycles. The van der Waals surface area contributed by atoms with Crippen LogP contribution in [0.2, 0.25) is 5.02 Å². The van der Waals surface area contributed by atoms with Crippen LogP contribution < -0.4 is 10.6 Å². The summed E-state index contributed by atoms with van der Waals surface area (Å²) in [5, 5.41) is 6.68. The Hall–Kier alpha value is -1.00. The Morgan fingerprint density at radius 3 is 2.94 bits per heavy atom. The highest BCUT2D eigenvalue weighted by Crippen LogP contribution is 2.37. The number of carbonyl (C=O) groups excluding carboxylic acids is 1. The lowest BCUT2D eigenvalue weighted by molar-refractivity contribution is 0.0944. The van der Waals surface area contributed by atoms with E-state index >= 15 is 0 Å². The Balaban J connectivity index is 1.93. The highest BCUT2D eigenvalue weighted by atomic mass is 35.5. The maximum atomic E-state index is 12.0. The summed E-state index contributed by atoms with van der Waals surface area (Å²) < 4.78 is 1.99. The van der Waals surface area contributed by atoms with Gasteiger partial charge in [0.1, 0.15) is 5.69 Å². The molecule has 1 heterocycles. The van der Waals surface area contributed by atoms with Crippen LogP contribution in [0, 0.1) is 0 Å². The Labute approximate surface area is 106 Å². The third-order valence-electron chi connectivity index (χ3n) is 2.83. The highest BCUT2D eigenvalue weighted by molar-refractivity contribution is 6.31. The molecule has 4 nitrogen and oxygen atoms in total. The summed E-state index contributed by atoms with van der Waals surface area (Å²) in [5.41, 5.74) is 0.675. The molecule has 0 bridgehead atoms. The standard InChI is InChI=1S/C12H18ClN3O/c1-2-14-5-6-15-12(17)11-7-9(13)8-16(11)10-3-4-10/h7-8,10,14H,2-6H2,1H3,(H,15,17). The second kappa shape index (κ2) is 5.56. The van der Waals surface area contributed by atoms with E-state index in [9.17, 15) is 4.79 Å². The molecule has 2 N–H and O–H groups in total. The maximum Gasteiger partial charge on any atom is 0.268 e. The van der Waals surface area contributed by atoms with Gasteiger partial charge in [-0.2, -0.15) is 0 Å². The average Bonchev–Trinajstić information content (AvgIpc) is 3.08. The molecule has 94 valence electrons. The first kappa shape index (κ1) is 12.5. The van der Waals surface area contributed by atoms with Crippen molar-refractivity contribution < 1.29 is 4.79 Å². The summed E-state index contributed by atoms with van der Waals surface area (Å²) in [6, 6.07) is 2.21. The lowest BCUT2D eigenvalue weighted by atomic mass is 10.4. The predicted molar refractivity (Wildman–Crippen MR) is 68.6 cm³/mol. The van der Waals surface area contributed by atoms with Gasteiger partial charge in [0.25, 0.3) is 5.91 Å². The van der Waals surface area contributed by atoms with Crippen LogP contribution in [0.3, 0.4) is 0 Å². The Kier molecular flexibility index (Phi) is 4.07. The number of hydrogen-bond acceptors (Lipinski definition) is 2. The van der Waals surface area contributed by atoms with Gasteiger partial charge in [-0.3, -0.25) is 4.79 Å². The highest BCUT2D eigenvalue weighted by Gasteiger charge is 2.27. The number of amides is 1. The molecule has 0 radical (unpaired) electrons. The third-order valence-corrected chi connectivity index (χ3v) is 3.03. The molecule has 1 saturated carbocycles. The number of likely N-dealkylation sites (N-methyl/N-ethyl adjacent to an activating group) is 1. The molecule has 0 unspecified atom stereocenters. The second-order valence-electron chi connectivity index (χ2n) is 4.29. The van der Waals surface area contributed by atoms with E-state index in [-0.39, 0.29) is 5.91 Å². The molecule has 5 heteroatoms. The van der Waals surface area contributed by atoms with Gasteiger partial charge < -0.3 is 15.2 Å². The van der Waals surface area contributed by atoms with Crippen molar-refractivity contribution in [1.82, 2.24) is 15.2 Å². The van der Waals surface area contributed by atoms with Gasteiger partial charge in [0, 0.05) is 25.3 Å². The SMILES string of the molecule is CCNCCNC(=O)c1cc(Cl)cn1C1CC1. The molecule has 2 rings (SSSR count). The minimum Gasteiger partial charge on any atom is -0.349 e. The summed E-state index contributed by atoms with van der Waals surface area (Å²) in [4.78, 5) is 12.0. The molecule has 0 aliphatic heterocycles. The van der Waals surface area contributed by atoms with Gasteiger partial charge in [-0.25, -0.2) is 0 Å². The van der Waals surface area contributed by atoms with Gasteiger partial charge in [-0.15, -0.1) is 0 Å². The van der Waals surface area contributed by atoms with Gasteiger partial charge in [0.05, 0.1) is 5.02 Å². The van der Waals surface area contributed by atoms with Crippen molar-refractivity contribution in [2.45, 2.75) is 25.8 Å². The third kappa shape index (κ3) is 3.23. The zero-order chi connectivity index (χ0) is 12.3. The van der Waals surface area contributed by atoms with E-state index in [1.165, 1.54) is 0 Å². The average molecular weight is 256 g/mol. The Morgan fingerprint density at radius 2 is 2.29 bits per heavy atom. The van der Waals surface area contributed by atoms with Crippen molar-refractivity contribution in [3.63, 3.8) is 0 Å². The summed E-state index contributed by atoms with van der Waals surface area (Å²) in [6.07, 6.45) is 4.13. The van der Waals surface area contributed by atoms with Crippen LogP contribution in [0.1, 0.15) is 36.3 Å². The molecular weight excluding hydrogens is 238 g/mol. The molecule has 1 aromatic rings. The van der Waals surface area contributed by atoms with E-state index in [1.54, 1.807) is 6.07 Å². The van der Waals surface area contributed by atoms with Gasteiger partial charge in [-0.05, 0) is 25.5 Å². The van der Waals surface area contributed by atoms with Crippen LogP contribution in [-0.2, 0) is 0 Å². The van der Waals surface area contributed by atoms with Crippen LogP contribution in [-0.4, -0.2) is 30.1 Å². The number of aromatic nitrogens is 1. The fourth-order valence-electron chi connectivity index (χ4n) is 1.81. The zero-order valence-corrected chi connectivity index (χ0v) is 10.8. The van der Waals surface area contributed by atoms with Gasteiger partial charge in [0.2, 0.25) is 0 Å². The summed E-state index contributed by atoms with van der Waals surface area (Å²) >= 11 is 5.95. The van der Waals surface area contributed by atoms with Gasteiger partial charge >= 0.3 is 0 Å². The van der Waals surface area contributed by atoms with Crippen molar-refractivity contribution in [3.05, 3.63) is 23.0 Å². The predicted octanol–water partition coefficient (Wildman–Crippen LogP) is 1.82. The molecule has 1 fully saturated rings. The molecule has 1 aromatic heterocycles. The Bertz CT molecular complexity index is 398. The molecule has 17 heavy (non-hydrogen) atoms. The second-order valence-corrected chi connectivity index (χ2v) is 4.73. The molecule has 0 atom stereocenters. The first-order chi connectivity index (χ1) is 8.22. The van der Waals surface area contributed by atoms with Crippen molar-refractivity contribution in [2.75, 3.05) is 19.6 Å². The molecule has 1 amide bonds. The number of nitrogens with one attached hydrogen (secondary N) is 2. The lowest BCUT2D eigenvalue weighted by Gasteiger charge is -2.08. The van der Waals surface area contributed by atoms with Crippen LogP contribution >= 0.6 is 11.6 Å². The monoisotopic (exact) mass is 255 g/mol. The molecule has 1 aliphatic carbocycles. The number of halogens is 1. The van der Waals surface area contributed by atoms with Crippen molar-refractivity contribution in [2.24, 2.45) is 0 Å². The fourth-order valence-corrected chi connectivity index (χ4v) is 2.02. The normalized spacial score (nSPS) is 14.9. The van der Waals surface area contributed by atoms with Crippen molar-refractivity contribution in [3.8, 4) is 0 Å². The largest absolute Gasteiger partial charge is 0.349 e. The number of carbonyl (C=O) groups is 1. The summed E-state index contributed by atoms with van der Waals surface area (Å²) in [5.74, 6) is -0.0401. The molecule has 0 aromatic carbocycles. The lowest BCUT2D eigenvalue weighted by Crippen LogP contribution is -2.32. The van der Waals surface area contributed by atoms with Crippen LogP contribution in [0.25, 0.3) is 0 Å². The summed E-state index contributed by atoms with van der Waals surface area (Å²) in [7, 11) is 0. The fraction of sp³-hybridized carbons (Fsp3) is 0.583. The number of rotatable bonds is 6. The van der Waals surface area contributed by atoms with E-state index in [4.69, 9.17) is 11.6 Å². The van der Waals surface area contributed by atoms with Crippen LogP contribution in [0.4, 0.5) is 0 Å². The van der Waals surface area contributed by atoms with Crippen LogP contribution in [0.5, 0.6) is 0 Å². The quantitative estimate of drug-likeness (QED) is 0.762. The molecule has 0 spiro atoms. The number of nitrogens with zero attached hydrogens (tertiary/aromatic N) is 1. The van der Waals surface area contributed by atoms with E-state index in [0.29, 0.717) is 23.3 Å². The van der Waals surface area contributed by atoms with Gasteiger partial charge in [-0.1, -0.05) is 18.5 Å². The number of hydrogen-bond donors (Lipinski definition) is 2. The van der Waals surface area contributed by atoms with Gasteiger partial charge in [0.15, 0.2) is 0 Å². The first-order valence-corrected chi connectivity index (χ1v) is 6.46. The minimum absolute atomic E-state index is 0.0401. The minimum atomic E-state index is -0.0401. The van der Waals surface area contributed by atoms with E-state index in [2.05, 4.69) is 10.6 Å². The van der Waals surface area contributed by atoms with Crippen molar-refractivity contribution >= 4 is 17.5 Å². The first-order valence-electron chi connectivity index (χ1n) is 6.08. The van der Waals surface area contributed by atoms with E-state index in [0.717, 1.165) is 25.9 Å². The zero-order valence-electron chi connectivity index (χ0n) is 10.0. The van der Waals surface area contributed by atoms with E-state index < -0.39 is 0 Å². The summed E-state index contributed by atoms with van der Waals surface area (Å²) in [6.45, 7) is 4.39.